The van der Waals surface area contributed by atoms with Gasteiger partial charge in [0.05, 0.1) is 6.54 Å². The van der Waals surface area contributed by atoms with Gasteiger partial charge >= 0.3 is 0 Å². The van der Waals surface area contributed by atoms with Crippen molar-refractivity contribution >= 4 is 35.6 Å². The second kappa shape index (κ2) is 9.30. The van der Waals surface area contributed by atoms with E-state index in [0.717, 1.165) is 30.4 Å². The zero-order valence-electron chi connectivity index (χ0n) is 14.3. The summed E-state index contributed by atoms with van der Waals surface area (Å²) in [6.45, 7) is 3.43. The maximum atomic E-state index is 4.25. The first-order valence-electron chi connectivity index (χ1n) is 7.90. The molecule has 0 aliphatic carbocycles. The fraction of sp³-hybridized carbons (Fsp3) is 0.294. The molecule has 0 saturated heterocycles. The van der Waals surface area contributed by atoms with Gasteiger partial charge in [0.25, 0.3) is 0 Å². The van der Waals surface area contributed by atoms with E-state index in [1.165, 1.54) is 11.1 Å². The van der Waals surface area contributed by atoms with Crippen molar-refractivity contribution in [3.8, 4) is 0 Å². The fourth-order valence-electron chi connectivity index (χ4n) is 2.49. The number of aromatic nitrogens is 4. The molecule has 2 N–H and O–H groups in total. The largest absolute Gasteiger partial charge is 0.356 e. The summed E-state index contributed by atoms with van der Waals surface area (Å²) in [5, 5.41) is 14.9. The second-order valence-corrected chi connectivity index (χ2v) is 5.45. The van der Waals surface area contributed by atoms with E-state index < -0.39 is 0 Å². The van der Waals surface area contributed by atoms with Crippen molar-refractivity contribution in [2.75, 3.05) is 13.6 Å². The number of hydrogen-bond acceptors (Lipinski definition) is 4. The fourth-order valence-corrected chi connectivity index (χ4v) is 2.49. The number of nitrogens with one attached hydrogen (secondary N) is 2. The van der Waals surface area contributed by atoms with Crippen LogP contribution in [0.2, 0.25) is 0 Å². The predicted molar refractivity (Wildman–Crippen MR) is 109 cm³/mol. The molecule has 3 rings (SSSR count). The van der Waals surface area contributed by atoms with Gasteiger partial charge in [0.1, 0.15) is 0 Å². The summed E-state index contributed by atoms with van der Waals surface area (Å²) in [5.74, 6) is 1.59. The van der Waals surface area contributed by atoms with Crippen molar-refractivity contribution in [1.82, 2.24) is 30.2 Å². The van der Waals surface area contributed by atoms with E-state index in [0.29, 0.717) is 6.54 Å². The number of guanidine groups is 1. The lowest BCUT2D eigenvalue weighted by Gasteiger charge is -2.12. The SMILES string of the molecule is CN=C(NCCc1ccncc1C)NCc1nnc2ccccn12.I. The number of aryl methyl sites for hydroxylation is 1. The van der Waals surface area contributed by atoms with Crippen LogP contribution in [-0.4, -0.2) is 39.1 Å². The second-order valence-electron chi connectivity index (χ2n) is 5.45. The van der Waals surface area contributed by atoms with Crippen LogP contribution >= 0.6 is 24.0 Å². The molecule has 3 aromatic rings. The summed E-state index contributed by atoms with van der Waals surface area (Å²) in [6.07, 6.45) is 6.59. The van der Waals surface area contributed by atoms with E-state index in [2.05, 4.69) is 43.8 Å². The van der Waals surface area contributed by atoms with Gasteiger partial charge in [-0.05, 0) is 42.7 Å². The van der Waals surface area contributed by atoms with E-state index in [-0.39, 0.29) is 24.0 Å². The number of hydrogen-bond donors (Lipinski definition) is 2. The molecule has 0 bridgehead atoms. The lowest BCUT2D eigenvalue weighted by molar-refractivity contribution is 0.756. The van der Waals surface area contributed by atoms with E-state index >= 15 is 0 Å². The van der Waals surface area contributed by atoms with Crippen molar-refractivity contribution in [3.05, 3.63) is 59.8 Å². The number of rotatable bonds is 5. The Hall–Kier alpha value is -2.23. The first kappa shape index (κ1) is 19.1. The van der Waals surface area contributed by atoms with Crippen LogP contribution in [0.3, 0.4) is 0 Å². The summed E-state index contributed by atoms with van der Waals surface area (Å²) >= 11 is 0. The molecule has 0 spiro atoms. The Labute approximate surface area is 164 Å². The van der Waals surface area contributed by atoms with Gasteiger partial charge in [-0.25, -0.2) is 0 Å². The number of halogens is 1. The van der Waals surface area contributed by atoms with E-state index in [4.69, 9.17) is 0 Å². The molecule has 7 nitrogen and oxygen atoms in total. The highest BCUT2D eigenvalue weighted by Gasteiger charge is 2.05. The summed E-state index contributed by atoms with van der Waals surface area (Å²) in [4.78, 5) is 8.36. The molecule has 0 aliphatic heterocycles. The molecule has 0 aromatic carbocycles. The molecule has 0 saturated carbocycles. The number of aliphatic imine (C=N–C) groups is 1. The van der Waals surface area contributed by atoms with Crippen molar-refractivity contribution in [1.29, 1.82) is 0 Å². The molecule has 0 fully saturated rings. The third kappa shape index (κ3) is 4.88. The number of fused-ring (bicyclic) bond motifs is 1. The Balaban J connectivity index is 0.00000225. The molecule has 0 atom stereocenters. The van der Waals surface area contributed by atoms with Crippen molar-refractivity contribution < 1.29 is 0 Å². The van der Waals surface area contributed by atoms with Crippen molar-refractivity contribution in [3.63, 3.8) is 0 Å². The summed E-state index contributed by atoms with van der Waals surface area (Å²) < 4.78 is 1.96. The molecule has 0 radical (unpaired) electrons. The summed E-state index contributed by atoms with van der Waals surface area (Å²) in [6, 6.07) is 7.89. The highest BCUT2D eigenvalue weighted by atomic mass is 127. The number of pyridine rings is 2. The molecule has 0 aliphatic rings. The van der Waals surface area contributed by atoms with Crippen molar-refractivity contribution in [2.24, 2.45) is 4.99 Å². The lowest BCUT2D eigenvalue weighted by Crippen LogP contribution is -2.38. The van der Waals surface area contributed by atoms with Gasteiger partial charge in [-0.2, -0.15) is 0 Å². The minimum Gasteiger partial charge on any atom is -0.356 e. The van der Waals surface area contributed by atoms with Gasteiger partial charge in [0.15, 0.2) is 17.4 Å². The van der Waals surface area contributed by atoms with Crippen LogP contribution in [0.15, 0.2) is 47.8 Å². The first-order chi connectivity index (χ1) is 11.8. The molecule has 0 amide bonds. The monoisotopic (exact) mass is 451 g/mol. The average molecular weight is 451 g/mol. The summed E-state index contributed by atoms with van der Waals surface area (Å²) in [5.41, 5.74) is 3.33. The summed E-state index contributed by atoms with van der Waals surface area (Å²) in [7, 11) is 1.76. The first-order valence-corrected chi connectivity index (χ1v) is 7.90. The Morgan fingerprint density at radius 1 is 1.20 bits per heavy atom. The zero-order valence-corrected chi connectivity index (χ0v) is 16.6. The third-order valence-electron chi connectivity index (χ3n) is 3.85. The average Bonchev–Trinajstić information content (AvgIpc) is 3.03. The van der Waals surface area contributed by atoms with Gasteiger partial charge in [0, 0.05) is 32.2 Å². The predicted octanol–water partition coefficient (Wildman–Crippen LogP) is 1.96. The smallest absolute Gasteiger partial charge is 0.191 e. The Morgan fingerprint density at radius 2 is 2.08 bits per heavy atom. The van der Waals surface area contributed by atoms with Crippen LogP contribution in [0.5, 0.6) is 0 Å². The maximum absolute atomic E-state index is 4.25. The highest BCUT2D eigenvalue weighted by molar-refractivity contribution is 14.0. The van der Waals surface area contributed by atoms with Gasteiger partial charge < -0.3 is 10.6 Å². The van der Waals surface area contributed by atoms with Gasteiger partial charge in [-0.1, -0.05) is 6.07 Å². The Morgan fingerprint density at radius 3 is 2.88 bits per heavy atom. The quantitative estimate of drug-likeness (QED) is 0.352. The van der Waals surface area contributed by atoms with Gasteiger partial charge in [0.2, 0.25) is 0 Å². The van der Waals surface area contributed by atoms with Gasteiger partial charge in [-0.15, -0.1) is 34.2 Å². The molecular formula is C17H22IN7. The minimum absolute atomic E-state index is 0. The van der Waals surface area contributed by atoms with Crippen LogP contribution < -0.4 is 10.6 Å². The standard InChI is InChI=1S/C17H21N7.HI/c1-13-11-19-8-6-14(13)7-9-20-17(18-2)21-12-16-23-22-15-5-3-4-10-24(15)16;/h3-6,8,10-11H,7,9,12H2,1-2H3,(H2,18,20,21);1H. The highest BCUT2D eigenvalue weighted by Crippen LogP contribution is 2.05. The van der Waals surface area contributed by atoms with Crippen LogP contribution in [0.25, 0.3) is 5.65 Å². The van der Waals surface area contributed by atoms with Gasteiger partial charge in [-0.3, -0.25) is 14.4 Å². The zero-order chi connectivity index (χ0) is 16.8. The molecule has 132 valence electrons. The van der Waals surface area contributed by atoms with E-state index in [9.17, 15) is 0 Å². The Kier molecular flexibility index (Phi) is 7.11. The van der Waals surface area contributed by atoms with Crippen LogP contribution in [0, 0.1) is 6.92 Å². The molecule has 25 heavy (non-hydrogen) atoms. The molecule has 3 heterocycles. The van der Waals surface area contributed by atoms with Crippen LogP contribution in [0.1, 0.15) is 17.0 Å². The van der Waals surface area contributed by atoms with Crippen molar-refractivity contribution in [2.45, 2.75) is 19.9 Å². The normalized spacial score (nSPS) is 11.2. The molecular weight excluding hydrogens is 429 g/mol. The topological polar surface area (TPSA) is 79.5 Å². The third-order valence-corrected chi connectivity index (χ3v) is 3.85. The molecule has 8 heteroatoms. The van der Waals surface area contributed by atoms with E-state index in [1.807, 2.05) is 41.2 Å². The number of nitrogens with zero attached hydrogens (tertiary/aromatic N) is 5. The Bertz CT molecular complexity index is 844. The van der Waals surface area contributed by atoms with Crippen LogP contribution in [0.4, 0.5) is 0 Å². The maximum Gasteiger partial charge on any atom is 0.191 e. The molecule has 3 aromatic heterocycles. The molecule has 0 unspecified atom stereocenters. The van der Waals surface area contributed by atoms with Crippen LogP contribution in [-0.2, 0) is 13.0 Å². The minimum atomic E-state index is 0. The van der Waals surface area contributed by atoms with E-state index in [1.54, 1.807) is 7.05 Å². The lowest BCUT2D eigenvalue weighted by atomic mass is 10.1.